The minimum Gasteiger partial charge on any atom is -0.379 e. The Bertz CT molecular complexity index is 324. The van der Waals surface area contributed by atoms with E-state index in [4.69, 9.17) is 4.74 Å². The third-order valence-electron chi connectivity index (χ3n) is 4.48. The number of nitrogens with zero attached hydrogens (tertiary/aromatic N) is 2. The van der Waals surface area contributed by atoms with Gasteiger partial charge in [-0.15, -0.1) is 24.0 Å². The first-order valence-corrected chi connectivity index (χ1v) is 7.92. The van der Waals surface area contributed by atoms with Gasteiger partial charge in [0.1, 0.15) is 0 Å². The molecule has 0 aromatic carbocycles. The van der Waals surface area contributed by atoms with Crippen molar-refractivity contribution in [3.05, 3.63) is 0 Å². The maximum absolute atomic E-state index is 5.43. The van der Waals surface area contributed by atoms with Crippen molar-refractivity contribution in [3.8, 4) is 0 Å². The zero-order valence-corrected chi connectivity index (χ0v) is 16.0. The lowest BCUT2D eigenvalue weighted by Crippen LogP contribution is -2.57. The number of guanidine groups is 1. The van der Waals surface area contributed by atoms with E-state index in [-0.39, 0.29) is 29.5 Å². The second-order valence-electron chi connectivity index (χ2n) is 6.46. The first-order valence-electron chi connectivity index (χ1n) is 7.92. The highest BCUT2D eigenvalue weighted by molar-refractivity contribution is 14.0. The summed E-state index contributed by atoms with van der Waals surface area (Å²) in [4.78, 5) is 6.84. The highest BCUT2D eigenvalue weighted by Gasteiger charge is 2.28. The van der Waals surface area contributed by atoms with Crippen LogP contribution in [0.15, 0.2) is 4.99 Å². The Hall–Kier alpha value is -0.0800. The van der Waals surface area contributed by atoms with Crippen LogP contribution >= 0.6 is 24.0 Å². The van der Waals surface area contributed by atoms with Crippen LogP contribution in [-0.2, 0) is 4.74 Å². The van der Waals surface area contributed by atoms with Crippen LogP contribution in [0.25, 0.3) is 0 Å². The van der Waals surface area contributed by atoms with Crippen LogP contribution in [0.3, 0.4) is 0 Å². The Morgan fingerprint density at radius 2 is 1.86 bits per heavy atom. The summed E-state index contributed by atoms with van der Waals surface area (Å²) in [6, 6.07) is 0.604. The van der Waals surface area contributed by atoms with Gasteiger partial charge in [-0.25, -0.2) is 0 Å². The third kappa shape index (κ3) is 5.90. The molecule has 1 heterocycles. The number of halogens is 1. The Labute approximate surface area is 146 Å². The first kappa shape index (κ1) is 19.0. The average Bonchev–Trinajstić information content (AvgIpc) is 2.97. The van der Waals surface area contributed by atoms with E-state index < -0.39 is 0 Å². The summed E-state index contributed by atoms with van der Waals surface area (Å²) in [5.41, 5.74) is 0.122. The summed E-state index contributed by atoms with van der Waals surface area (Å²) in [6.45, 7) is 9.20. The maximum Gasteiger partial charge on any atom is 0.191 e. The minimum absolute atomic E-state index is 0. The molecule has 0 amide bonds. The molecule has 1 aliphatic heterocycles. The van der Waals surface area contributed by atoms with Crippen LogP contribution in [0.1, 0.15) is 39.5 Å². The van der Waals surface area contributed by atoms with Gasteiger partial charge in [-0.05, 0) is 26.7 Å². The molecule has 1 aliphatic carbocycles. The van der Waals surface area contributed by atoms with Crippen molar-refractivity contribution in [2.24, 2.45) is 4.99 Å². The minimum atomic E-state index is 0. The van der Waals surface area contributed by atoms with Gasteiger partial charge in [0, 0.05) is 38.3 Å². The van der Waals surface area contributed by atoms with Crippen molar-refractivity contribution in [3.63, 3.8) is 0 Å². The second kappa shape index (κ2) is 9.15. The molecule has 0 aromatic heterocycles. The van der Waals surface area contributed by atoms with Crippen LogP contribution in [0.5, 0.6) is 0 Å². The fourth-order valence-electron chi connectivity index (χ4n) is 3.04. The topological polar surface area (TPSA) is 48.9 Å². The molecular weight excluding hydrogens is 379 g/mol. The summed E-state index contributed by atoms with van der Waals surface area (Å²) in [6.07, 6.45) is 5.23. The first-order chi connectivity index (χ1) is 9.62. The fraction of sp³-hybridized carbons (Fsp3) is 0.933. The number of hydrogen-bond donors (Lipinski definition) is 2. The second-order valence-corrected chi connectivity index (χ2v) is 6.46. The van der Waals surface area contributed by atoms with Gasteiger partial charge in [-0.3, -0.25) is 9.89 Å². The van der Waals surface area contributed by atoms with Gasteiger partial charge in [-0.1, -0.05) is 12.8 Å². The fourth-order valence-corrected chi connectivity index (χ4v) is 3.04. The molecule has 2 aliphatic rings. The Morgan fingerprint density at radius 3 is 2.43 bits per heavy atom. The molecule has 1 saturated heterocycles. The van der Waals surface area contributed by atoms with Gasteiger partial charge in [-0.2, -0.15) is 0 Å². The van der Waals surface area contributed by atoms with E-state index in [1.807, 2.05) is 7.05 Å². The van der Waals surface area contributed by atoms with E-state index in [1.165, 1.54) is 25.7 Å². The van der Waals surface area contributed by atoms with E-state index in [0.717, 1.165) is 38.8 Å². The number of nitrogens with one attached hydrogen (secondary N) is 2. The zero-order valence-electron chi connectivity index (χ0n) is 13.7. The lowest BCUT2D eigenvalue weighted by Gasteiger charge is -2.41. The zero-order chi connectivity index (χ0) is 14.4. The predicted octanol–water partition coefficient (Wildman–Crippen LogP) is 1.82. The molecular formula is C15H31IN4O. The molecule has 2 N–H and O–H groups in total. The van der Waals surface area contributed by atoms with E-state index in [9.17, 15) is 0 Å². The molecule has 2 fully saturated rings. The van der Waals surface area contributed by atoms with Gasteiger partial charge < -0.3 is 15.4 Å². The molecule has 5 nitrogen and oxygen atoms in total. The molecule has 124 valence electrons. The molecule has 0 unspecified atom stereocenters. The van der Waals surface area contributed by atoms with Crippen LogP contribution in [-0.4, -0.2) is 62.3 Å². The molecule has 21 heavy (non-hydrogen) atoms. The van der Waals surface area contributed by atoms with Crippen LogP contribution in [0.4, 0.5) is 0 Å². The quantitative estimate of drug-likeness (QED) is 0.422. The number of rotatable bonds is 4. The van der Waals surface area contributed by atoms with Gasteiger partial charge in [0.05, 0.1) is 13.2 Å². The monoisotopic (exact) mass is 410 g/mol. The molecule has 0 atom stereocenters. The number of ether oxygens (including phenoxy) is 1. The predicted molar refractivity (Wildman–Crippen MR) is 98.6 cm³/mol. The lowest BCUT2D eigenvalue weighted by atomic mass is 10.0. The van der Waals surface area contributed by atoms with E-state index in [0.29, 0.717) is 6.04 Å². The smallest absolute Gasteiger partial charge is 0.191 e. The van der Waals surface area contributed by atoms with Gasteiger partial charge >= 0.3 is 0 Å². The van der Waals surface area contributed by atoms with Crippen molar-refractivity contribution in [1.29, 1.82) is 0 Å². The van der Waals surface area contributed by atoms with Gasteiger partial charge in [0.25, 0.3) is 0 Å². The molecule has 0 spiro atoms. The van der Waals surface area contributed by atoms with Crippen molar-refractivity contribution in [2.45, 2.75) is 51.1 Å². The van der Waals surface area contributed by atoms with E-state index >= 15 is 0 Å². The van der Waals surface area contributed by atoms with E-state index in [1.54, 1.807) is 0 Å². The number of aliphatic imine (C=N–C) groups is 1. The van der Waals surface area contributed by atoms with Crippen LogP contribution in [0, 0.1) is 0 Å². The largest absolute Gasteiger partial charge is 0.379 e. The Kier molecular flexibility index (Phi) is 8.26. The van der Waals surface area contributed by atoms with Crippen LogP contribution in [0.2, 0.25) is 0 Å². The van der Waals surface area contributed by atoms with Gasteiger partial charge in [0.15, 0.2) is 5.96 Å². The Balaban J connectivity index is 0.00000220. The highest BCUT2D eigenvalue weighted by atomic mass is 127. The van der Waals surface area contributed by atoms with Gasteiger partial charge in [0.2, 0.25) is 0 Å². The third-order valence-corrected chi connectivity index (χ3v) is 4.48. The summed E-state index contributed by atoms with van der Waals surface area (Å²) >= 11 is 0. The summed E-state index contributed by atoms with van der Waals surface area (Å²) in [5, 5.41) is 7.03. The molecule has 0 bridgehead atoms. The SMILES string of the molecule is CN=C(NCC(C)(C)N1CCOCC1)NC1CCCC1.I. The molecule has 1 saturated carbocycles. The van der Waals surface area contributed by atoms with Crippen molar-refractivity contribution < 1.29 is 4.74 Å². The van der Waals surface area contributed by atoms with Crippen molar-refractivity contribution >= 4 is 29.9 Å². The molecule has 6 heteroatoms. The van der Waals surface area contributed by atoms with Crippen molar-refractivity contribution in [2.75, 3.05) is 39.9 Å². The summed E-state index contributed by atoms with van der Waals surface area (Å²) in [7, 11) is 1.85. The maximum atomic E-state index is 5.43. The Morgan fingerprint density at radius 1 is 1.24 bits per heavy atom. The average molecular weight is 410 g/mol. The molecule has 2 rings (SSSR count). The highest BCUT2D eigenvalue weighted by Crippen LogP contribution is 2.18. The molecule has 0 radical (unpaired) electrons. The normalized spacial score (nSPS) is 22.0. The summed E-state index contributed by atoms with van der Waals surface area (Å²) < 4.78 is 5.43. The van der Waals surface area contributed by atoms with Crippen molar-refractivity contribution in [1.82, 2.24) is 15.5 Å². The van der Waals surface area contributed by atoms with E-state index in [2.05, 4.69) is 34.4 Å². The lowest BCUT2D eigenvalue weighted by molar-refractivity contribution is -0.00834. The van der Waals surface area contributed by atoms with Crippen LogP contribution < -0.4 is 10.6 Å². The number of morpholine rings is 1. The molecule has 0 aromatic rings. The number of hydrogen-bond acceptors (Lipinski definition) is 3. The standard InChI is InChI=1S/C15H30N4O.HI/c1-15(2,19-8-10-20-11-9-19)12-17-14(16-3)18-13-6-4-5-7-13;/h13H,4-12H2,1-3H3,(H2,16,17,18);1H. The summed E-state index contributed by atoms with van der Waals surface area (Å²) in [5.74, 6) is 0.943.